The van der Waals surface area contributed by atoms with E-state index in [1.807, 2.05) is 24.3 Å². The van der Waals surface area contributed by atoms with Crippen LogP contribution in [0.15, 0.2) is 36.5 Å². The standard InChI is InChI=1S/C21H24ClIN2O2/c22-17-5-1-14(16(11-17)12-23)4-10-21(27)25-18-6-2-15(3-7-18)20-9-8-19(26)13-24-20/h1,5,8-9,11,13,15,18,26H,2-4,6-7,10,12H2,(H,25,27)/t15-,18-. The van der Waals surface area contributed by atoms with Gasteiger partial charge in [0.1, 0.15) is 5.75 Å². The Bertz CT molecular complexity index is 774. The number of amides is 1. The number of halogens is 2. The molecule has 1 fully saturated rings. The first kappa shape index (κ1) is 20.4. The lowest BCUT2D eigenvalue weighted by Crippen LogP contribution is -2.37. The number of aryl methyl sites for hydroxylation is 1. The lowest BCUT2D eigenvalue weighted by molar-refractivity contribution is -0.122. The summed E-state index contributed by atoms with van der Waals surface area (Å²) in [5.41, 5.74) is 3.44. The summed E-state index contributed by atoms with van der Waals surface area (Å²) in [6.07, 6.45) is 6.72. The van der Waals surface area contributed by atoms with Crippen molar-refractivity contribution in [2.75, 3.05) is 0 Å². The van der Waals surface area contributed by atoms with E-state index in [2.05, 4.69) is 32.9 Å². The minimum atomic E-state index is 0.121. The number of carbonyl (C=O) groups excluding carboxylic acids is 1. The molecule has 1 aromatic heterocycles. The third kappa shape index (κ3) is 5.82. The molecule has 0 spiro atoms. The summed E-state index contributed by atoms with van der Waals surface area (Å²) in [5.74, 6) is 0.737. The lowest BCUT2D eigenvalue weighted by atomic mass is 9.84. The van der Waals surface area contributed by atoms with Gasteiger partial charge in [0, 0.05) is 33.5 Å². The summed E-state index contributed by atoms with van der Waals surface area (Å²) in [5, 5.41) is 13.3. The van der Waals surface area contributed by atoms with Crippen LogP contribution in [0.2, 0.25) is 5.02 Å². The molecule has 1 saturated carbocycles. The maximum absolute atomic E-state index is 12.4. The van der Waals surface area contributed by atoms with E-state index < -0.39 is 0 Å². The number of aromatic nitrogens is 1. The zero-order valence-electron chi connectivity index (χ0n) is 15.1. The van der Waals surface area contributed by atoms with Gasteiger partial charge < -0.3 is 10.4 Å². The highest BCUT2D eigenvalue weighted by Gasteiger charge is 2.24. The molecule has 27 heavy (non-hydrogen) atoms. The highest BCUT2D eigenvalue weighted by atomic mass is 127. The summed E-state index contributed by atoms with van der Waals surface area (Å²) in [7, 11) is 0. The van der Waals surface area contributed by atoms with Gasteiger partial charge in [0.15, 0.2) is 0 Å². The van der Waals surface area contributed by atoms with Crippen LogP contribution in [0.1, 0.15) is 54.8 Å². The smallest absolute Gasteiger partial charge is 0.220 e. The molecular weight excluding hydrogens is 475 g/mol. The monoisotopic (exact) mass is 498 g/mol. The minimum absolute atomic E-state index is 0.121. The maximum Gasteiger partial charge on any atom is 0.220 e. The van der Waals surface area contributed by atoms with E-state index in [9.17, 15) is 9.90 Å². The SMILES string of the molecule is O=C(CCc1ccc(Cl)cc1CI)N[C@H]1CC[C@H](c2ccc(O)cn2)CC1. The molecule has 1 heterocycles. The van der Waals surface area contributed by atoms with Gasteiger partial charge in [0.2, 0.25) is 5.91 Å². The highest BCUT2D eigenvalue weighted by molar-refractivity contribution is 14.1. The van der Waals surface area contributed by atoms with Crippen LogP contribution >= 0.6 is 34.2 Å². The molecule has 0 aliphatic heterocycles. The molecule has 3 rings (SSSR count). The van der Waals surface area contributed by atoms with Gasteiger partial charge >= 0.3 is 0 Å². The van der Waals surface area contributed by atoms with E-state index in [1.165, 1.54) is 17.3 Å². The quantitative estimate of drug-likeness (QED) is 0.428. The molecule has 0 unspecified atom stereocenters. The molecular formula is C21H24ClIN2O2. The Hall–Kier alpha value is -1.34. The Kier molecular flexibility index (Phi) is 7.35. The molecule has 0 radical (unpaired) electrons. The van der Waals surface area contributed by atoms with Crippen molar-refractivity contribution in [2.45, 2.75) is 54.9 Å². The van der Waals surface area contributed by atoms with E-state index in [0.29, 0.717) is 12.3 Å². The fourth-order valence-corrected chi connectivity index (χ4v) is 4.59. The van der Waals surface area contributed by atoms with Crippen LogP contribution in [-0.2, 0) is 15.6 Å². The molecule has 144 valence electrons. The first-order chi connectivity index (χ1) is 13.0. The zero-order valence-corrected chi connectivity index (χ0v) is 18.0. The van der Waals surface area contributed by atoms with E-state index in [1.54, 1.807) is 6.07 Å². The molecule has 1 aliphatic rings. The molecule has 4 nitrogen and oxygen atoms in total. The normalized spacial score (nSPS) is 19.6. The molecule has 1 aromatic carbocycles. The van der Waals surface area contributed by atoms with Crippen molar-refractivity contribution in [3.05, 3.63) is 58.4 Å². The summed E-state index contributed by atoms with van der Waals surface area (Å²) in [6.45, 7) is 0. The number of rotatable bonds is 6. The largest absolute Gasteiger partial charge is 0.506 e. The topological polar surface area (TPSA) is 62.2 Å². The molecule has 0 bridgehead atoms. The highest BCUT2D eigenvalue weighted by Crippen LogP contribution is 2.32. The molecule has 1 amide bonds. The molecule has 0 saturated heterocycles. The summed E-state index contributed by atoms with van der Waals surface area (Å²) >= 11 is 8.38. The number of nitrogens with zero attached hydrogens (tertiary/aromatic N) is 1. The summed E-state index contributed by atoms with van der Waals surface area (Å²) in [4.78, 5) is 16.7. The van der Waals surface area contributed by atoms with Crippen LogP contribution < -0.4 is 5.32 Å². The van der Waals surface area contributed by atoms with Crippen LogP contribution in [0, 0.1) is 0 Å². The average molecular weight is 499 g/mol. The van der Waals surface area contributed by atoms with Gasteiger partial charge in [-0.05, 0) is 67.5 Å². The van der Waals surface area contributed by atoms with Gasteiger partial charge in [0.05, 0.1) is 6.20 Å². The number of pyridine rings is 1. The molecule has 2 aromatic rings. The Morgan fingerprint density at radius 2 is 1.96 bits per heavy atom. The Balaban J connectivity index is 1.45. The maximum atomic E-state index is 12.4. The van der Waals surface area contributed by atoms with Crippen molar-refractivity contribution >= 4 is 40.1 Å². The second-order valence-electron chi connectivity index (χ2n) is 7.10. The Labute approximate surface area is 178 Å². The third-order valence-corrected chi connectivity index (χ3v) is 6.27. The number of hydrogen-bond donors (Lipinski definition) is 2. The van der Waals surface area contributed by atoms with Crippen molar-refractivity contribution in [3.63, 3.8) is 0 Å². The van der Waals surface area contributed by atoms with E-state index in [0.717, 1.165) is 47.2 Å². The fourth-order valence-electron chi connectivity index (χ4n) is 3.68. The predicted molar refractivity (Wildman–Crippen MR) is 117 cm³/mol. The lowest BCUT2D eigenvalue weighted by Gasteiger charge is -2.28. The van der Waals surface area contributed by atoms with Gasteiger partial charge in [-0.3, -0.25) is 9.78 Å². The molecule has 6 heteroatoms. The van der Waals surface area contributed by atoms with Crippen molar-refractivity contribution in [2.24, 2.45) is 0 Å². The predicted octanol–water partition coefficient (Wildman–Crippen LogP) is 5.15. The van der Waals surface area contributed by atoms with Crippen LogP contribution in [0.3, 0.4) is 0 Å². The van der Waals surface area contributed by atoms with Gasteiger partial charge in [-0.1, -0.05) is 40.3 Å². The second kappa shape index (κ2) is 9.73. The van der Waals surface area contributed by atoms with Gasteiger partial charge in [-0.25, -0.2) is 0 Å². The van der Waals surface area contributed by atoms with Gasteiger partial charge in [-0.2, -0.15) is 0 Å². The van der Waals surface area contributed by atoms with Crippen LogP contribution in [0.25, 0.3) is 0 Å². The summed E-state index contributed by atoms with van der Waals surface area (Å²) < 4.78 is 0.893. The van der Waals surface area contributed by atoms with Crippen LogP contribution in [0.4, 0.5) is 0 Å². The second-order valence-corrected chi connectivity index (χ2v) is 8.30. The van der Waals surface area contributed by atoms with Gasteiger partial charge in [-0.15, -0.1) is 0 Å². The fraction of sp³-hybridized carbons (Fsp3) is 0.429. The van der Waals surface area contributed by atoms with Crippen molar-refractivity contribution in [1.82, 2.24) is 10.3 Å². The van der Waals surface area contributed by atoms with E-state index >= 15 is 0 Å². The van der Waals surface area contributed by atoms with E-state index in [4.69, 9.17) is 11.6 Å². The van der Waals surface area contributed by atoms with E-state index in [-0.39, 0.29) is 17.7 Å². The van der Waals surface area contributed by atoms with Crippen LogP contribution in [-0.4, -0.2) is 22.0 Å². The van der Waals surface area contributed by atoms with Crippen LogP contribution in [0.5, 0.6) is 5.75 Å². The molecule has 1 aliphatic carbocycles. The number of carbonyl (C=O) groups is 1. The zero-order chi connectivity index (χ0) is 19.2. The number of nitrogens with one attached hydrogen (secondary N) is 1. The van der Waals surface area contributed by atoms with Crippen molar-refractivity contribution < 1.29 is 9.90 Å². The first-order valence-electron chi connectivity index (χ1n) is 9.32. The first-order valence-corrected chi connectivity index (χ1v) is 11.2. The minimum Gasteiger partial charge on any atom is -0.506 e. The van der Waals surface area contributed by atoms with Crippen molar-refractivity contribution in [3.8, 4) is 5.75 Å². The average Bonchev–Trinajstić information content (AvgIpc) is 2.68. The number of aromatic hydroxyl groups is 1. The Morgan fingerprint density at radius 3 is 2.63 bits per heavy atom. The number of alkyl halides is 1. The number of hydrogen-bond acceptors (Lipinski definition) is 3. The van der Waals surface area contributed by atoms with Gasteiger partial charge in [0.25, 0.3) is 0 Å². The third-order valence-electron chi connectivity index (χ3n) is 5.21. The summed E-state index contributed by atoms with van der Waals surface area (Å²) in [6, 6.07) is 9.75. The Morgan fingerprint density at radius 1 is 1.19 bits per heavy atom. The van der Waals surface area contributed by atoms with Crippen molar-refractivity contribution in [1.29, 1.82) is 0 Å². The molecule has 2 N–H and O–H groups in total. The molecule has 0 atom stereocenters. The number of benzene rings is 1.